The highest BCUT2D eigenvalue weighted by molar-refractivity contribution is 7.90. The molecule has 1 unspecified atom stereocenters. The van der Waals surface area contributed by atoms with Crippen molar-refractivity contribution in [1.82, 2.24) is 19.6 Å². The number of nitrogens with zero attached hydrogens (tertiary/aromatic N) is 4. The number of nitro groups is 1. The molecule has 14 nitrogen and oxygen atoms in total. The number of benzene rings is 3. The van der Waals surface area contributed by atoms with Gasteiger partial charge in [-0.3, -0.25) is 19.8 Å². The summed E-state index contributed by atoms with van der Waals surface area (Å²) in [6.45, 7) is 15.0. The maximum Gasteiger partial charge on any atom is 0.293 e. The van der Waals surface area contributed by atoms with Crippen molar-refractivity contribution in [3.05, 3.63) is 118 Å². The summed E-state index contributed by atoms with van der Waals surface area (Å²) in [6.07, 6.45) is 11.5. The quantitative estimate of drug-likeness (QED) is 0.0803. The Labute approximate surface area is 391 Å². The van der Waals surface area contributed by atoms with Gasteiger partial charge in [0, 0.05) is 86.4 Å². The normalized spacial score (nSPS) is 20.8. The topological polar surface area (TPSA) is 172 Å². The number of ether oxygens (including phenoxy) is 2. The Hall–Kier alpha value is -5.48. The monoisotopic (exact) mass is 935 g/mol. The molecule has 3 N–H and O–H groups in total. The molecule has 5 aromatic rings. The first-order valence-electron chi connectivity index (χ1n) is 22.9. The summed E-state index contributed by atoms with van der Waals surface area (Å²) in [6, 6.07) is 20.9. The van der Waals surface area contributed by atoms with Crippen molar-refractivity contribution in [3.8, 4) is 11.5 Å². The number of aromatic nitrogens is 2. The van der Waals surface area contributed by atoms with Crippen molar-refractivity contribution < 1.29 is 27.6 Å². The number of fused-ring (bicyclic) bond motifs is 1. The minimum Gasteiger partial charge on any atom is -0.455 e. The number of carbonyl (C=O) groups is 1. The molecule has 3 aliphatic heterocycles. The number of likely N-dealkylation sites (tertiary alicyclic amines) is 1. The summed E-state index contributed by atoms with van der Waals surface area (Å²) in [4.78, 5) is 37.6. The predicted octanol–water partition coefficient (Wildman–Crippen LogP) is 10.1. The minimum absolute atomic E-state index is 0.00679. The number of piperidine rings is 1. The van der Waals surface area contributed by atoms with Crippen LogP contribution in [0.5, 0.6) is 11.5 Å². The average Bonchev–Trinajstić information content (AvgIpc) is 3.73. The molecular formula is C50H58ClN7O7S. The number of nitrogens with one attached hydrogen (secondary N) is 3. The Bertz CT molecular complexity index is 2770. The molecule has 348 valence electrons. The highest BCUT2D eigenvalue weighted by Crippen LogP contribution is 2.55. The van der Waals surface area contributed by atoms with E-state index >= 15 is 0 Å². The second kappa shape index (κ2) is 18.0. The lowest BCUT2D eigenvalue weighted by molar-refractivity contribution is -0.384. The zero-order valence-corrected chi connectivity index (χ0v) is 39.5. The Morgan fingerprint density at radius 1 is 0.985 bits per heavy atom. The molecule has 0 bridgehead atoms. The van der Waals surface area contributed by atoms with Gasteiger partial charge in [-0.2, -0.15) is 0 Å². The van der Waals surface area contributed by atoms with E-state index < -0.39 is 31.4 Å². The fourth-order valence-corrected chi connectivity index (χ4v) is 11.5. The molecule has 3 saturated heterocycles. The van der Waals surface area contributed by atoms with Crippen LogP contribution in [0.2, 0.25) is 5.02 Å². The summed E-state index contributed by atoms with van der Waals surface area (Å²) < 4.78 is 41.4. The fourth-order valence-electron chi connectivity index (χ4n) is 10.4. The Kier molecular flexibility index (Phi) is 12.4. The number of hydrogen-bond acceptors (Lipinski definition) is 11. The van der Waals surface area contributed by atoms with E-state index in [2.05, 4.69) is 75.7 Å². The fraction of sp³-hybridized carbons (Fsp3) is 0.440. The summed E-state index contributed by atoms with van der Waals surface area (Å²) in [5, 5.41) is 16.8. The van der Waals surface area contributed by atoms with Gasteiger partial charge in [0.25, 0.3) is 21.6 Å². The van der Waals surface area contributed by atoms with Crippen molar-refractivity contribution in [3.63, 3.8) is 0 Å². The van der Waals surface area contributed by atoms with Crippen LogP contribution < -0.4 is 19.7 Å². The van der Waals surface area contributed by atoms with Crippen molar-refractivity contribution >= 4 is 61.2 Å². The molecule has 1 amide bonds. The van der Waals surface area contributed by atoms with E-state index in [-0.39, 0.29) is 45.2 Å². The SMILES string of the molecule is CC1(C)CCC=C(c2ccc(Cl)cc2)C(N2CC3(CCN(c4ccc(C(=O)NS(=O)(=O)c5ccc(NCC6CCOCC6)c([N+](=O)[O-])c5)c(Oc5cnc6[nH]ccc6c5)c4)CC3)C2)C1(C)C. The maximum atomic E-state index is 14.0. The van der Waals surface area contributed by atoms with Crippen molar-refractivity contribution in [2.75, 3.05) is 56.2 Å². The Morgan fingerprint density at radius 2 is 1.73 bits per heavy atom. The van der Waals surface area contributed by atoms with E-state index in [1.807, 2.05) is 24.3 Å². The smallest absolute Gasteiger partial charge is 0.293 e. The molecule has 4 aliphatic rings. The molecule has 5 heterocycles. The van der Waals surface area contributed by atoms with Crippen LogP contribution in [0.1, 0.15) is 82.1 Å². The van der Waals surface area contributed by atoms with E-state index in [1.165, 1.54) is 29.5 Å². The third kappa shape index (κ3) is 9.14. The molecule has 66 heavy (non-hydrogen) atoms. The van der Waals surface area contributed by atoms with E-state index in [9.17, 15) is 23.3 Å². The maximum absolute atomic E-state index is 14.0. The van der Waals surface area contributed by atoms with Crippen molar-refractivity contribution in [2.45, 2.75) is 77.2 Å². The van der Waals surface area contributed by atoms with Gasteiger partial charge in [-0.05, 0) is 120 Å². The molecule has 0 saturated carbocycles. The first-order chi connectivity index (χ1) is 31.5. The molecule has 1 atom stereocenters. The number of halogens is 1. The standard InChI is InChI=1S/C50H58ClN7O7S/c1-48(2)18-5-6-40(34-7-9-36(51)10-8-34)45(49(48,3)4)57-31-50(32-57)19-22-56(23-20-50)37-11-13-41(44(27-37)65-38-26-35-15-21-52-46(35)54-30-38)47(59)55-66(62,63)39-12-14-42(43(28-39)58(60)61)53-29-33-16-24-64-25-17-33/h6-15,21,26-28,30,33,45,53H,5,16-20,22-25,29,31-32H2,1-4H3,(H,52,54)(H,55,59). The van der Waals surface area contributed by atoms with Gasteiger partial charge in [0.1, 0.15) is 22.8 Å². The summed E-state index contributed by atoms with van der Waals surface area (Å²) in [5.74, 6) is -0.167. The highest BCUT2D eigenvalue weighted by Gasteiger charge is 2.54. The van der Waals surface area contributed by atoms with Crippen LogP contribution in [0.4, 0.5) is 17.1 Å². The molecule has 3 fully saturated rings. The van der Waals surface area contributed by atoms with Gasteiger partial charge >= 0.3 is 0 Å². The first-order valence-corrected chi connectivity index (χ1v) is 24.7. The van der Waals surface area contributed by atoms with Crippen LogP contribution in [0.15, 0.2) is 96.2 Å². The van der Waals surface area contributed by atoms with Gasteiger partial charge in [0.05, 0.1) is 21.6 Å². The average molecular weight is 937 g/mol. The van der Waals surface area contributed by atoms with Crippen LogP contribution in [-0.4, -0.2) is 86.1 Å². The molecule has 2 aromatic heterocycles. The second-order valence-electron chi connectivity index (χ2n) is 19.8. The molecule has 1 aliphatic carbocycles. The van der Waals surface area contributed by atoms with E-state index in [0.29, 0.717) is 31.2 Å². The third-order valence-corrected chi connectivity index (χ3v) is 16.7. The number of amides is 1. The van der Waals surface area contributed by atoms with Crippen LogP contribution in [0, 0.1) is 32.3 Å². The summed E-state index contributed by atoms with van der Waals surface area (Å²) >= 11 is 6.34. The van der Waals surface area contributed by atoms with Gasteiger partial charge in [-0.1, -0.05) is 57.5 Å². The van der Waals surface area contributed by atoms with E-state index in [1.54, 1.807) is 24.4 Å². The number of pyridine rings is 1. The Morgan fingerprint density at radius 3 is 2.45 bits per heavy atom. The zero-order valence-electron chi connectivity index (χ0n) is 37.9. The highest BCUT2D eigenvalue weighted by atomic mass is 35.5. The number of aromatic amines is 1. The van der Waals surface area contributed by atoms with Gasteiger partial charge in [-0.15, -0.1) is 0 Å². The lowest BCUT2D eigenvalue weighted by Crippen LogP contribution is -2.66. The van der Waals surface area contributed by atoms with E-state index in [0.717, 1.165) is 86.9 Å². The number of rotatable bonds is 12. The third-order valence-electron chi connectivity index (χ3n) is 15.1. The zero-order chi connectivity index (χ0) is 46.4. The largest absolute Gasteiger partial charge is 0.455 e. The number of allylic oxidation sites excluding steroid dienone is 1. The Balaban J connectivity index is 0.927. The van der Waals surface area contributed by atoms with Gasteiger partial charge in [-0.25, -0.2) is 18.1 Å². The minimum atomic E-state index is -4.56. The van der Waals surface area contributed by atoms with Gasteiger partial charge in [0.15, 0.2) is 0 Å². The van der Waals surface area contributed by atoms with Gasteiger partial charge < -0.3 is 24.7 Å². The first kappa shape index (κ1) is 45.7. The lowest BCUT2D eigenvalue weighted by Gasteiger charge is -2.61. The molecular weight excluding hydrogens is 878 g/mol. The summed E-state index contributed by atoms with van der Waals surface area (Å²) in [5.41, 5.74) is 4.19. The number of sulfonamides is 1. The number of nitro benzene ring substituents is 1. The summed E-state index contributed by atoms with van der Waals surface area (Å²) in [7, 11) is -4.56. The van der Waals surface area contributed by atoms with Gasteiger partial charge in [0.2, 0.25) is 0 Å². The van der Waals surface area contributed by atoms with Crippen LogP contribution in [0.25, 0.3) is 16.6 Å². The van der Waals surface area contributed by atoms with Crippen molar-refractivity contribution in [1.29, 1.82) is 0 Å². The number of H-pyrrole nitrogens is 1. The van der Waals surface area contributed by atoms with Crippen LogP contribution in [-0.2, 0) is 14.8 Å². The number of carbonyl (C=O) groups excluding carboxylic acids is 1. The van der Waals surface area contributed by atoms with Crippen LogP contribution in [0.3, 0.4) is 0 Å². The molecule has 16 heteroatoms. The molecule has 9 rings (SSSR count). The van der Waals surface area contributed by atoms with Crippen molar-refractivity contribution in [2.24, 2.45) is 22.2 Å². The lowest BCUT2D eigenvalue weighted by atomic mass is 9.59. The number of anilines is 2. The molecule has 3 aromatic carbocycles. The molecule has 0 radical (unpaired) electrons. The van der Waals surface area contributed by atoms with Crippen LogP contribution >= 0.6 is 11.6 Å². The second-order valence-corrected chi connectivity index (χ2v) is 21.9. The molecule has 1 spiro atoms. The van der Waals surface area contributed by atoms with E-state index in [4.69, 9.17) is 21.1 Å². The predicted molar refractivity (Wildman–Crippen MR) is 258 cm³/mol. The number of hydrogen-bond donors (Lipinski definition) is 3.